The highest BCUT2D eigenvalue weighted by Gasteiger charge is 2.26. The second-order valence-corrected chi connectivity index (χ2v) is 5.13. The van der Waals surface area contributed by atoms with Crippen molar-refractivity contribution in [2.75, 3.05) is 20.2 Å². The molecule has 0 fully saturated rings. The quantitative estimate of drug-likeness (QED) is 0.741. The predicted octanol–water partition coefficient (Wildman–Crippen LogP) is 0.884. The summed E-state index contributed by atoms with van der Waals surface area (Å²) in [6, 6.07) is 5.80. The molecule has 23 heavy (non-hydrogen) atoms. The van der Waals surface area contributed by atoms with E-state index < -0.39 is 17.9 Å². The van der Waals surface area contributed by atoms with Crippen LogP contribution >= 0.6 is 0 Å². The first kappa shape index (κ1) is 18.6. The zero-order valence-corrected chi connectivity index (χ0v) is 13.5. The molecule has 1 atom stereocenters. The topological polar surface area (TPSA) is 95.9 Å². The van der Waals surface area contributed by atoms with Crippen LogP contribution in [0.4, 0.5) is 0 Å². The van der Waals surface area contributed by atoms with E-state index in [9.17, 15) is 19.5 Å². The van der Waals surface area contributed by atoms with Gasteiger partial charge < -0.3 is 20.1 Å². The van der Waals surface area contributed by atoms with Crippen LogP contribution < -0.4 is 5.32 Å². The summed E-state index contributed by atoms with van der Waals surface area (Å²) in [7, 11) is 1.58. The van der Waals surface area contributed by atoms with Crippen molar-refractivity contribution in [1.29, 1.82) is 0 Å². The number of carboxylic acid groups (broad SMARTS) is 1. The van der Waals surface area contributed by atoms with Crippen LogP contribution in [0.5, 0.6) is 0 Å². The van der Waals surface area contributed by atoms with Crippen molar-refractivity contribution < 1.29 is 24.2 Å². The summed E-state index contributed by atoms with van der Waals surface area (Å²) in [5, 5.41) is 11.7. The van der Waals surface area contributed by atoms with Gasteiger partial charge in [-0.1, -0.05) is 12.1 Å². The third kappa shape index (κ3) is 5.71. The fourth-order valence-electron chi connectivity index (χ4n) is 2.03. The average molecular weight is 322 g/mol. The van der Waals surface area contributed by atoms with E-state index in [2.05, 4.69) is 5.32 Å². The Labute approximate surface area is 135 Å². The number of carbonyl (C=O) groups is 3. The summed E-state index contributed by atoms with van der Waals surface area (Å²) < 4.78 is 5.01. The number of aliphatic carboxylic acids is 1. The van der Waals surface area contributed by atoms with E-state index in [0.717, 1.165) is 5.56 Å². The first-order chi connectivity index (χ1) is 10.9. The minimum atomic E-state index is -1.10. The zero-order valence-electron chi connectivity index (χ0n) is 13.5. The van der Waals surface area contributed by atoms with Crippen LogP contribution in [0.25, 0.3) is 0 Å². The molecule has 1 rings (SSSR count). The number of methoxy groups -OCH3 is 1. The summed E-state index contributed by atoms with van der Waals surface area (Å²) in [6.45, 7) is 3.55. The SMILES string of the molecule is COCc1ccc(C(=O)N(CCNC(C)=O)C(C)C(=O)O)cc1. The maximum absolute atomic E-state index is 12.6. The number of rotatable bonds is 8. The third-order valence-electron chi connectivity index (χ3n) is 3.32. The molecule has 0 heterocycles. The van der Waals surface area contributed by atoms with Crippen molar-refractivity contribution >= 4 is 17.8 Å². The predicted molar refractivity (Wildman–Crippen MR) is 84.0 cm³/mol. The van der Waals surface area contributed by atoms with Gasteiger partial charge in [-0.25, -0.2) is 4.79 Å². The van der Waals surface area contributed by atoms with Crippen LogP contribution in [-0.4, -0.2) is 54.0 Å². The monoisotopic (exact) mass is 322 g/mol. The van der Waals surface area contributed by atoms with E-state index in [1.807, 2.05) is 0 Å². The largest absolute Gasteiger partial charge is 0.480 e. The maximum Gasteiger partial charge on any atom is 0.326 e. The van der Waals surface area contributed by atoms with Gasteiger partial charge in [0.05, 0.1) is 6.61 Å². The van der Waals surface area contributed by atoms with Gasteiger partial charge in [-0.2, -0.15) is 0 Å². The second-order valence-electron chi connectivity index (χ2n) is 5.13. The summed E-state index contributed by atoms with van der Waals surface area (Å²) in [5.41, 5.74) is 1.31. The number of hydrogen-bond acceptors (Lipinski definition) is 4. The molecule has 0 aliphatic heterocycles. The van der Waals surface area contributed by atoms with Gasteiger partial charge in [0.2, 0.25) is 5.91 Å². The van der Waals surface area contributed by atoms with Crippen LogP contribution in [0.3, 0.4) is 0 Å². The fraction of sp³-hybridized carbons (Fsp3) is 0.438. The van der Waals surface area contributed by atoms with Gasteiger partial charge in [-0.15, -0.1) is 0 Å². The van der Waals surface area contributed by atoms with Crippen molar-refractivity contribution in [3.05, 3.63) is 35.4 Å². The van der Waals surface area contributed by atoms with E-state index in [1.165, 1.54) is 18.7 Å². The van der Waals surface area contributed by atoms with Crippen molar-refractivity contribution in [2.45, 2.75) is 26.5 Å². The van der Waals surface area contributed by atoms with E-state index >= 15 is 0 Å². The van der Waals surface area contributed by atoms with E-state index in [1.54, 1.807) is 31.4 Å². The van der Waals surface area contributed by atoms with Gasteiger partial charge in [-0.3, -0.25) is 9.59 Å². The number of nitrogens with one attached hydrogen (secondary N) is 1. The first-order valence-corrected chi connectivity index (χ1v) is 7.23. The maximum atomic E-state index is 12.6. The summed E-state index contributed by atoms with van der Waals surface area (Å²) in [4.78, 5) is 35.9. The van der Waals surface area contributed by atoms with E-state index in [4.69, 9.17) is 4.74 Å². The molecule has 7 nitrogen and oxygen atoms in total. The van der Waals surface area contributed by atoms with Crippen molar-refractivity contribution in [1.82, 2.24) is 10.2 Å². The minimum Gasteiger partial charge on any atom is -0.480 e. The molecule has 7 heteroatoms. The molecule has 1 unspecified atom stereocenters. The molecule has 2 amide bonds. The van der Waals surface area contributed by atoms with Crippen LogP contribution in [0.2, 0.25) is 0 Å². The number of carbonyl (C=O) groups excluding carboxylic acids is 2. The molecular weight excluding hydrogens is 300 g/mol. The van der Waals surface area contributed by atoms with Gasteiger partial charge >= 0.3 is 5.97 Å². The van der Waals surface area contributed by atoms with Crippen LogP contribution in [0.1, 0.15) is 29.8 Å². The Bertz CT molecular complexity index is 556. The zero-order chi connectivity index (χ0) is 17.4. The lowest BCUT2D eigenvalue weighted by Crippen LogP contribution is -2.46. The summed E-state index contributed by atoms with van der Waals surface area (Å²) >= 11 is 0. The lowest BCUT2D eigenvalue weighted by Gasteiger charge is -2.26. The Morgan fingerprint density at radius 2 is 1.87 bits per heavy atom. The molecule has 0 saturated carbocycles. The lowest BCUT2D eigenvalue weighted by molar-refractivity contribution is -0.141. The molecule has 0 bridgehead atoms. The summed E-state index contributed by atoms with van der Waals surface area (Å²) in [6.07, 6.45) is 0. The van der Waals surface area contributed by atoms with Gasteiger partial charge in [0.25, 0.3) is 5.91 Å². The van der Waals surface area contributed by atoms with Crippen LogP contribution in [0, 0.1) is 0 Å². The smallest absolute Gasteiger partial charge is 0.326 e. The molecule has 1 aromatic carbocycles. The Kier molecular flexibility index (Phi) is 7.21. The molecule has 126 valence electrons. The van der Waals surface area contributed by atoms with Gasteiger partial charge in [0.1, 0.15) is 6.04 Å². The van der Waals surface area contributed by atoms with Crippen molar-refractivity contribution in [3.63, 3.8) is 0 Å². The van der Waals surface area contributed by atoms with Crippen LogP contribution in [-0.2, 0) is 20.9 Å². The van der Waals surface area contributed by atoms with E-state index in [0.29, 0.717) is 12.2 Å². The van der Waals surface area contributed by atoms with Crippen LogP contribution in [0.15, 0.2) is 24.3 Å². The standard InChI is InChI=1S/C16H22N2O5/c1-11(16(21)22)18(9-8-17-12(2)19)15(20)14-6-4-13(5-7-14)10-23-3/h4-7,11H,8-10H2,1-3H3,(H,17,19)(H,21,22). The lowest BCUT2D eigenvalue weighted by atomic mass is 10.1. The van der Waals surface area contributed by atoms with Gasteiger partial charge in [0, 0.05) is 32.7 Å². The number of carboxylic acids is 1. The molecule has 0 saturated heterocycles. The number of hydrogen-bond donors (Lipinski definition) is 2. The molecule has 0 radical (unpaired) electrons. The fourth-order valence-corrected chi connectivity index (χ4v) is 2.03. The molecule has 2 N–H and O–H groups in total. The Hall–Kier alpha value is -2.41. The third-order valence-corrected chi connectivity index (χ3v) is 3.32. The second kappa shape index (κ2) is 8.89. The first-order valence-electron chi connectivity index (χ1n) is 7.23. The average Bonchev–Trinajstić information content (AvgIpc) is 2.51. The number of amides is 2. The molecule has 1 aromatic rings. The Balaban J connectivity index is 2.88. The van der Waals surface area contributed by atoms with Crippen molar-refractivity contribution in [2.24, 2.45) is 0 Å². The number of benzene rings is 1. The molecular formula is C16H22N2O5. The highest BCUT2D eigenvalue weighted by molar-refractivity contribution is 5.96. The van der Waals surface area contributed by atoms with Gasteiger partial charge in [0.15, 0.2) is 0 Å². The molecule has 0 spiro atoms. The summed E-state index contributed by atoms with van der Waals surface area (Å²) in [5.74, 6) is -1.73. The highest BCUT2D eigenvalue weighted by Crippen LogP contribution is 2.11. The number of nitrogens with zero attached hydrogens (tertiary/aromatic N) is 1. The van der Waals surface area contributed by atoms with Crippen molar-refractivity contribution in [3.8, 4) is 0 Å². The van der Waals surface area contributed by atoms with E-state index in [-0.39, 0.29) is 19.0 Å². The normalized spacial score (nSPS) is 11.6. The minimum absolute atomic E-state index is 0.117. The Morgan fingerprint density at radius 3 is 2.35 bits per heavy atom. The Morgan fingerprint density at radius 1 is 1.26 bits per heavy atom. The molecule has 0 aromatic heterocycles. The molecule has 0 aliphatic carbocycles. The highest BCUT2D eigenvalue weighted by atomic mass is 16.5. The molecule has 0 aliphatic rings. The number of ether oxygens (including phenoxy) is 1. The van der Waals surface area contributed by atoms with Gasteiger partial charge in [-0.05, 0) is 24.6 Å².